The van der Waals surface area contributed by atoms with Crippen molar-refractivity contribution in [2.45, 2.75) is 19.8 Å². The lowest BCUT2D eigenvalue weighted by molar-refractivity contribution is -0.133. The monoisotopic (exact) mass is 275 g/mol. The molecule has 1 aromatic rings. The summed E-state index contributed by atoms with van der Waals surface area (Å²) in [5.41, 5.74) is 7.55. The average Bonchev–Trinajstić information content (AvgIpc) is 2.45. The number of benzene rings is 1. The highest BCUT2D eigenvalue weighted by atomic mass is 16.2. The van der Waals surface area contributed by atoms with Gasteiger partial charge in [0.15, 0.2) is 0 Å². The molecule has 1 aliphatic heterocycles. The first-order valence-corrected chi connectivity index (χ1v) is 6.94. The zero-order valence-corrected chi connectivity index (χ0v) is 11.8. The van der Waals surface area contributed by atoms with Crippen LogP contribution in [0, 0.1) is 6.92 Å². The minimum Gasteiger partial charge on any atom is -0.370 e. The van der Waals surface area contributed by atoms with Crippen LogP contribution in [0.1, 0.15) is 18.4 Å². The lowest BCUT2D eigenvalue weighted by Crippen LogP contribution is -2.49. The van der Waals surface area contributed by atoms with Crippen LogP contribution in [-0.2, 0) is 9.59 Å². The first-order chi connectivity index (χ1) is 9.58. The van der Waals surface area contributed by atoms with Crippen molar-refractivity contribution >= 4 is 17.5 Å². The van der Waals surface area contributed by atoms with Gasteiger partial charge < -0.3 is 15.5 Å². The summed E-state index contributed by atoms with van der Waals surface area (Å²) in [5.74, 6) is -0.398. The van der Waals surface area contributed by atoms with E-state index in [-0.39, 0.29) is 18.7 Å². The molecule has 0 bridgehead atoms. The van der Waals surface area contributed by atoms with Crippen molar-refractivity contribution in [3.8, 4) is 0 Å². The molecule has 2 N–H and O–H groups in total. The number of anilines is 1. The Kier molecular flexibility index (Phi) is 4.61. The molecule has 108 valence electrons. The van der Waals surface area contributed by atoms with Gasteiger partial charge >= 0.3 is 0 Å². The second kappa shape index (κ2) is 6.41. The van der Waals surface area contributed by atoms with Gasteiger partial charge in [0.1, 0.15) is 0 Å². The number of carbonyl (C=O) groups is 2. The number of aryl methyl sites for hydroxylation is 1. The van der Waals surface area contributed by atoms with Crippen molar-refractivity contribution in [1.29, 1.82) is 0 Å². The molecule has 5 heteroatoms. The molecule has 0 saturated carbocycles. The number of primary amides is 1. The summed E-state index contributed by atoms with van der Waals surface area (Å²) in [4.78, 5) is 26.7. The molecule has 0 spiro atoms. The van der Waals surface area contributed by atoms with E-state index in [4.69, 9.17) is 5.73 Å². The van der Waals surface area contributed by atoms with Crippen LogP contribution in [0.2, 0.25) is 0 Å². The van der Waals surface area contributed by atoms with E-state index in [1.807, 2.05) is 17.0 Å². The maximum atomic E-state index is 11.9. The molecule has 0 aromatic heterocycles. The number of hydrogen-bond donors (Lipinski definition) is 1. The minimum absolute atomic E-state index is 0.0215. The van der Waals surface area contributed by atoms with Gasteiger partial charge in [0.2, 0.25) is 11.8 Å². The predicted molar refractivity (Wildman–Crippen MR) is 78.4 cm³/mol. The summed E-state index contributed by atoms with van der Waals surface area (Å²) in [7, 11) is 0. The highest BCUT2D eigenvalue weighted by Crippen LogP contribution is 2.20. The summed E-state index contributed by atoms with van der Waals surface area (Å²) in [6, 6.07) is 8.27. The molecule has 0 radical (unpaired) electrons. The van der Waals surface area contributed by atoms with Gasteiger partial charge in [-0.15, -0.1) is 0 Å². The molecule has 2 rings (SSSR count). The molecule has 2 amide bonds. The van der Waals surface area contributed by atoms with E-state index in [9.17, 15) is 9.59 Å². The number of amides is 2. The zero-order valence-electron chi connectivity index (χ0n) is 11.8. The topological polar surface area (TPSA) is 66.6 Å². The summed E-state index contributed by atoms with van der Waals surface area (Å²) in [6.07, 6.45) is 0.358. The van der Waals surface area contributed by atoms with Crippen LogP contribution in [0.15, 0.2) is 24.3 Å². The highest BCUT2D eigenvalue weighted by Gasteiger charge is 2.21. The van der Waals surface area contributed by atoms with Crippen LogP contribution < -0.4 is 10.6 Å². The Morgan fingerprint density at radius 3 is 2.35 bits per heavy atom. The molecule has 0 unspecified atom stereocenters. The molecular formula is C15H21N3O2. The molecule has 0 aliphatic carbocycles. The van der Waals surface area contributed by atoms with Crippen molar-refractivity contribution in [2.75, 3.05) is 31.1 Å². The Bertz CT molecular complexity index is 494. The Morgan fingerprint density at radius 2 is 1.75 bits per heavy atom. The van der Waals surface area contributed by atoms with Crippen molar-refractivity contribution < 1.29 is 9.59 Å². The number of nitrogens with two attached hydrogens (primary N) is 1. The maximum absolute atomic E-state index is 11.9. The van der Waals surface area contributed by atoms with E-state index in [0.29, 0.717) is 13.1 Å². The smallest absolute Gasteiger partial charge is 0.223 e. The van der Waals surface area contributed by atoms with E-state index in [2.05, 4.69) is 24.0 Å². The number of hydrogen-bond acceptors (Lipinski definition) is 3. The lowest BCUT2D eigenvalue weighted by atomic mass is 10.1. The van der Waals surface area contributed by atoms with E-state index in [0.717, 1.165) is 13.1 Å². The molecule has 1 aromatic carbocycles. The fourth-order valence-electron chi connectivity index (χ4n) is 2.50. The van der Waals surface area contributed by atoms with Gasteiger partial charge in [0, 0.05) is 44.7 Å². The van der Waals surface area contributed by atoms with E-state index in [1.165, 1.54) is 11.3 Å². The van der Waals surface area contributed by atoms with Crippen LogP contribution in [0.4, 0.5) is 5.69 Å². The second-order valence-corrected chi connectivity index (χ2v) is 5.12. The van der Waals surface area contributed by atoms with Crippen molar-refractivity contribution in [1.82, 2.24) is 4.90 Å². The fourth-order valence-corrected chi connectivity index (χ4v) is 2.50. The molecule has 20 heavy (non-hydrogen) atoms. The maximum Gasteiger partial charge on any atom is 0.223 e. The van der Waals surface area contributed by atoms with Crippen LogP contribution in [-0.4, -0.2) is 42.9 Å². The third-order valence-corrected chi connectivity index (χ3v) is 3.67. The SMILES string of the molecule is Cc1ccccc1N1CCN(C(=O)CCC(N)=O)CC1. The molecular weight excluding hydrogens is 254 g/mol. The van der Waals surface area contributed by atoms with Gasteiger partial charge in [-0.2, -0.15) is 0 Å². The summed E-state index contributed by atoms with van der Waals surface area (Å²) < 4.78 is 0. The van der Waals surface area contributed by atoms with Crippen LogP contribution in [0.3, 0.4) is 0 Å². The van der Waals surface area contributed by atoms with Crippen LogP contribution in [0.25, 0.3) is 0 Å². The van der Waals surface area contributed by atoms with Gasteiger partial charge in [0.05, 0.1) is 0 Å². The largest absolute Gasteiger partial charge is 0.370 e. The third-order valence-electron chi connectivity index (χ3n) is 3.67. The number of carbonyl (C=O) groups excluding carboxylic acids is 2. The number of piperazine rings is 1. The van der Waals surface area contributed by atoms with Crippen LogP contribution >= 0.6 is 0 Å². The Labute approximate surface area is 119 Å². The molecule has 1 saturated heterocycles. The number of rotatable bonds is 4. The standard InChI is InChI=1S/C15H21N3O2/c1-12-4-2-3-5-13(12)17-8-10-18(11-9-17)15(20)7-6-14(16)19/h2-5H,6-11H2,1H3,(H2,16,19). The summed E-state index contributed by atoms with van der Waals surface area (Å²) in [6.45, 7) is 5.15. The minimum atomic E-state index is -0.420. The van der Waals surface area contributed by atoms with E-state index >= 15 is 0 Å². The zero-order chi connectivity index (χ0) is 14.5. The number of para-hydroxylation sites is 1. The van der Waals surface area contributed by atoms with Crippen molar-refractivity contribution in [3.05, 3.63) is 29.8 Å². The van der Waals surface area contributed by atoms with Gasteiger partial charge in [0.25, 0.3) is 0 Å². The quantitative estimate of drug-likeness (QED) is 0.888. The third kappa shape index (κ3) is 3.50. The van der Waals surface area contributed by atoms with Gasteiger partial charge in [-0.25, -0.2) is 0 Å². The molecule has 1 heterocycles. The van der Waals surface area contributed by atoms with Crippen molar-refractivity contribution in [3.63, 3.8) is 0 Å². The second-order valence-electron chi connectivity index (χ2n) is 5.12. The van der Waals surface area contributed by atoms with E-state index < -0.39 is 5.91 Å². The molecule has 5 nitrogen and oxygen atoms in total. The normalized spacial score (nSPS) is 15.2. The highest BCUT2D eigenvalue weighted by molar-refractivity contribution is 5.83. The van der Waals surface area contributed by atoms with Crippen LogP contribution in [0.5, 0.6) is 0 Å². The Hall–Kier alpha value is -2.04. The van der Waals surface area contributed by atoms with Gasteiger partial charge in [-0.1, -0.05) is 18.2 Å². The lowest BCUT2D eigenvalue weighted by Gasteiger charge is -2.36. The van der Waals surface area contributed by atoms with Gasteiger partial charge in [-0.05, 0) is 18.6 Å². The van der Waals surface area contributed by atoms with Gasteiger partial charge in [-0.3, -0.25) is 9.59 Å². The van der Waals surface area contributed by atoms with Crippen molar-refractivity contribution in [2.24, 2.45) is 5.73 Å². The first kappa shape index (κ1) is 14.4. The Balaban J connectivity index is 1.88. The Morgan fingerprint density at radius 1 is 1.10 bits per heavy atom. The number of nitrogens with zero attached hydrogens (tertiary/aromatic N) is 2. The fraction of sp³-hybridized carbons (Fsp3) is 0.467. The summed E-state index contributed by atoms with van der Waals surface area (Å²) in [5, 5.41) is 0. The molecule has 1 fully saturated rings. The van der Waals surface area contributed by atoms with E-state index in [1.54, 1.807) is 0 Å². The first-order valence-electron chi connectivity index (χ1n) is 6.94. The predicted octanol–water partition coefficient (Wildman–Crippen LogP) is 0.909. The molecule has 0 atom stereocenters. The molecule has 1 aliphatic rings. The average molecular weight is 275 g/mol. The summed E-state index contributed by atoms with van der Waals surface area (Å²) >= 11 is 0.